The van der Waals surface area contributed by atoms with E-state index < -0.39 is 78.5 Å². The quantitative estimate of drug-likeness (QED) is 0.0195. The molecule has 0 aromatic heterocycles. The Morgan fingerprint density at radius 3 is 1.70 bits per heavy atom. The van der Waals surface area contributed by atoms with Crippen molar-refractivity contribution < 1.29 is 57.0 Å². The van der Waals surface area contributed by atoms with E-state index in [-0.39, 0.29) is 6.42 Å². The van der Waals surface area contributed by atoms with E-state index in [0.717, 1.165) is 64.2 Å². The summed E-state index contributed by atoms with van der Waals surface area (Å²) in [6, 6.07) is -1.14. The highest BCUT2D eigenvalue weighted by Crippen LogP contribution is 2.26. The minimum atomic E-state index is -5.12. The number of rotatable bonds is 36. The molecule has 8 atom stereocenters. The van der Waals surface area contributed by atoms with Crippen LogP contribution in [0.4, 0.5) is 0 Å². The normalized spacial score (nSPS) is 22.1. The number of amides is 1. The van der Waals surface area contributed by atoms with Gasteiger partial charge in [0.25, 0.3) is 0 Å². The Labute approximate surface area is 344 Å². The van der Waals surface area contributed by atoms with E-state index in [2.05, 4.69) is 47.7 Å². The lowest BCUT2D eigenvalue weighted by atomic mass is 9.99. The van der Waals surface area contributed by atoms with Crippen LogP contribution < -0.4 is 5.32 Å². The smallest absolute Gasteiger partial charge is 0.394 e. The molecule has 57 heavy (non-hydrogen) atoms. The van der Waals surface area contributed by atoms with E-state index in [1.807, 2.05) is 0 Å². The number of allylic oxidation sites excluding steroid dienone is 5. The van der Waals surface area contributed by atoms with Gasteiger partial charge in [-0.15, -0.1) is 0 Å². The summed E-state index contributed by atoms with van der Waals surface area (Å²) in [6.07, 6.45) is 26.8. The fourth-order valence-corrected chi connectivity index (χ4v) is 7.21. The largest absolute Gasteiger partial charge is 0.397 e. The molecular weight excluding hydrogens is 755 g/mol. The Morgan fingerprint density at radius 1 is 0.702 bits per heavy atom. The molecule has 1 heterocycles. The van der Waals surface area contributed by atoms with Crippen molar-refractivity contribution in [3.05, 3.63) is 36.5 Å². The second kappa shape index (κ2) is 34.0. The summed E-state index contributed by atoms with van der Waals surface area (Å²) < 4.78 is 47.3. The summed E-state index contributed by atoms with van der Waals surface area (Å²) in [5.74, 6) is -0.720. The van der Waals surface area contributed by atoms with Crippen molar-refractivity contribution >= 4 is 16.3 Å². The van der Waals surface area contributed by atoms with Crippen molar-refractivity contribution in [3.8, 4) is 0 Å². The van der Waals surface area contributed by atoms with Crippen LogP contribution >= 0.6 is 0 Å². The van der Waals surface area contributed by atoms with Gasteiger partial charge in [-0.05, 0) is 57.8 Å². The first-order chi connectivity index (χ1) is 27.4. The number of unbranched alkanes of at least 4 members (excludes halogenated alkanes) is 19. The van der Waals surface area contributed by atoms with E-state index >= 15 is 0 Å². The number of carbonyl (C=O) groups is 1. The number of ether oxygens (including phenoxy) is 2. The molecule has 0 aromatic carbocycles. The summed E-state index contributed by atoms with van der Waals surface area (Å²) in [4.78, 5) is 13.1. The van der Waals surface area contributed by atoms with Gasteiger partial charge in [-0.3, -0.25) is 9.35 Å². The second-order valence-corrected chi connectivity index (χ2v) is 16.5. The predicted molar refractivity (Wildman–Crippen MR) is 224 cm³/mol. The van der Waals surface area contributed by atoms with E-state index in [9.17, 15) is 38.7 Å². The first kappa shape index (κ1) is 53.3. The lowest BCUT2D eigenvalue weighted by Crippen LogP contribution is -2.61. The Hall–Kier alpha value is -1.72. The first-order valence-corrected chi connectivity index (χ1v) is 23.3. The van der Waals surface area contributed by atoms with Crippen LogP contribution in [0, 0.1) is 0 Å². The Kier molecular flexibility index (Phi) is 31.8. The van der Waals surface area contributed by atoms with Crippen molar-refractivity contribution in [2.24, 2.45) is 0 Å². The van der Waals surface area contributed by atoms with Crippen LogP contribution in [-0.4, -0.2) is 107 Å². The highest BCUT2D eigenvalue weighted by molar-refractivity contribution is 7.80. The molecule has 1 rings (SSSR count). The van der Waals surface area contributed by atoms with Gasteiger partial charge in [0.2, 0.25) is 5.91 Å². The van der Waals surface area contributed by atoms with Crippen LogP contribution in [0.25, 0.3) is 0 Å². The van der Waals surface area contributed by atoms with Crippen LogP contribution in [0.1, 0.15) is 168 Å². The molecule has 0 aromatic rings. The monoisotopic (exact) mass is 834 g/mol. The van der Waals surface area contributed by atoms with Crippen molar-refractivity contribution in [1.82, 2.24) is 5.32 Å². The number of aliphatic hydroxyl groups is 5. The fourth-order valence-electron chi connectivity index (χ4n) is 6.70. The molecule has 8 unspecified atom stereocenters. The Balaban J connectivity index is 2.58. The van der Waals surface area contributed by atoms with E-state index in [0.29, 0.717) is 12.8 Å². The molecule has 14 heteroatoms. The molecule has 13 nitrogen and oxygen atoms in total. The number of hydrogen-bond acceptors (Lipinski definition) is 11. The third-order valence-corrected chi connectivity index (χ3v) is 10.7. The Bertz CT molecular complexity index is 1180. The summed E-state index contributed by atoms with van der Waals surface area (Å²) in [6.45, 7) is 3.13. The molecule has 0 aliphatic carbocycles. The van der Waals surface area contributed by atoms with E-state index in [1.54, 1.807) is 6.08 Å². The van der Waals surface area contributed by atoms with Gasteiger partial charge >= 0.3 is 10.4 Å². The lowest BCUT2D eigenvalue weighted by molar-refractivity contribution is -0.298. The van der Waals surface area contributed by atoms with Gasteiger partial charge in [-0.2, -0.15) is 8.42 Å². The van der Waals surface area contributed by atoms with Gasteiger partial charge < -0.3 is 40.3 Å². The van der Waals surface area contributed by atoms with E-state index in [4.69, 9.17) is 14.0 Å². The minimum absolute atomic E-state index is 0.229. The number of nitrogens with one attached hydrogen (secondary N) is 1. The molecule has 0 saturated carbocycles. The molecule has 0 bridgehead atoms. The highest BCUT2D eigenvalue weighted by Gasteiger charge is 2.48. The summed E-state index contributed by atoms with van der Waals surface area (Å²) in [7, 11) is -5.12. The molecule has 334 valence electrons. The van der Waals surface area contributed by atoms with Crippen molar-refractivity contribution in [2.45, 2.75) is 217 Å². The Morgan fingerprint density at radius 2 is 1.18 bits per heavy atom. The minimum Gasteiger partial charge on any atom is -0.394 e. The molecule has 0 radical (unpaired) electrons. The lowest BCUT2D eigenvalue weighted by Gasteiger charge is -2.41. The average Bonchev–Trinajstić information content (AvgIpc) is 3.18. The standard InChI is InChI=1S/C43H79NO12S/c1-3-5-7-9-11-13-15-16-17-18-19-20-21-22-24-26-28-30-32-37(47)42(50)44-35(36(46)31-29-27-25-23-14-12-10-8-6-4-2)34-54-43-40(49)41(56-57(51,52)53)39(48)38(33-45)55-43/h14,18-19,23,29,31,35-41,43,45-49H,3-13,15-17,20-22,24-28,30,32-34H2,1-2H3,(H,44,50)(H,51,52,53)/b19-18-,23-14+,31-29+. The molecule has 0 spiro atoms. The molecule has 7 N–H and O–H groups in total. The van der Waals surface area contributed by atoms with Crippen LogP contribution in [0.2, 0.25) is 0 Å². The highest BCUT2D eigenvalue weighted by atomic mass is 32.3. The third-order valence-electron chi connectivity index (χ3n) is 10.3. The maximum atomic E-state index is 13.1. The first-order valence-electron chi connectivity index (χ1n) is 22.0. The number of hydrogen-bond donors (Lipinski definition) is 7. The summed E-state index contributed by atoms with van der Waals surface area (Å²) in [5.41, 5.74) is 0. The zero-order chi connectivity index (χ0) is 42.2. The topological polar surface area (TPSA) is 212 Å². The van der Waals surface area contributed by atoms with Gasteiger partial charge in [0.05, 0.1) is 25.4 Å². The fraction of sp³-hybridized carbons (Fsp3) is 0.837. The molecule has 1 aliphatic rings. The summed E-state index contributed by atoms with van der Waals surface area (Å²) in [5, 5.41) is 54.9. The summed E-state index contributed by atoms with van der Waals surface area (Å²) >= 11 is 0. The van der Waals surface area contributed by atoms with Crippen LogP contribution in [0.5, 0.6) is 0 Å². The predicted octanol–water partition coefficient (Wildman–Crippen LogP) is 6.91. The van der Waals surface area contributed by atoms with Crippen molar-refractivity contribution in [2.75, 3.05) is 13.2 Å². The number of carbonyl (C=O) groups excluding carboxylic acids is 1. The van der Waals surface area contributed by atoms with Crippen LogP contribution in [0.3, 0.4) is 0 Å². The van der Waals surface area contributed by atoms with E-state index in [1.165, 1.54) is 76.7 Å². The molecule has 1 amide bonds. The van der Waals surface area contributed by atoms with Crippen LogP contribution in [-0.2, 0) is 28.9 Å². The molecule has 1 saturated heterocycles. The molecule has 1 fully saturated rings. The maximum absolute atomic E-state index is 13.1. The van der Waals surface area contributed by atoms with Gasteiger partial charge in [0.1, 0.15) is 30.5 Å². The maximum Gasteiger partial charge on any atom is 0.397 e. The van der Waals surface area contributed by atoms with Crippen LogP contribution in [0.15, 0.2) is 36.5 Å². The van der Waals surface area contributed by atoms with Gasteiger partial charge in [0.15, 0.2) is 6.29 Å². The van der Waals surface area contributed by atoms with Crippen molar-refractivity contribution in [3.63, 3.8) is 0 Å². The molecular formula is C43H79NO12S. The van der Waals surface area contributed by atoms with Gasteiger partial charge in [-0.25, -0.2) is 4.18 Å². The average molecular weight is 834 g/mol. The van der Waals surface area contributed by atoms with Gasteiger partial charge in [0, 0.05) is 0 Å². The SMILES string of the molecule is CCCCCC/C=C/CC/C=C/C(O)C(COC1OC(CO)C(O)C(OS(=O)(=O)O)C1O)NC(=O)C(O)CCCCCCCC/C=C\CCCCCCCCCC. The zero-order valence-corrected chi connectivity index (χ0v) is 35.8. The second-order valence-electron chi connectivity index (χ2n) is 15.4. The van der Waals surface area contributed by atoms with Gasteiger partial charge in [-0.1, -0.05) is 147 Å². The third kappa shape index (κ3) is 26.9. The zero-order valence-electron chi connectivity index (χ0n) is 35.0. The van der Waals surface area contributed by atoms with Crippen molar-refractivity contribution in [1.29, 1.82) is 0 Å². The molecule has 1 aliphatic heterocycles. The number of aliphatic hydroxyl groups excluding tert-OH is 5.